The zero-order valence-corrected chi connectivity index (χ0v) is 13.7. The molecule has 0 saturated carbocycles. The van der Waals surface area contributed by atoms with E-state index < -0.39 is 11.6 Å². The molecule has 2 aromatic carbocycles. The molecule has 2 aromatic rings. The van der Waals surface area contributed by atoms with Gasteiger partial charge in [-0.15, -0.1) is 0 Å². The number of phenols is 1. The van der Waals surface area contributed by atoms with Crippen molar-refractivity contribution in [3.8, 4) is 23.0 Å². The smallest absolute Gasteiger partial charge is 0.203 e. The Bertz CT molecular complexity index is 741. The third kappa shape index (κ3) is 3.48. The molecule has 2 rings (SSSR count). The predicted molar refractivity (Wildman–Crippen MR) is 87.5 cm³/mol. The molecule has 1 N–H and O–H groups in total. The number of phenolic OH excluding ortho intramolecular Hbond substituents is 1. The number of carbonyl (C=O) groups is 2. The minimum Gasteiger partial charge on any atom is -0.507 e. The minimum absolute atomic E-state index is 0.110. The Morgan fingerprint density at radius 1 is 0.917 bits per heavy atom. The maximum atomic E-state index is 12.4. The molecule has 24 heavy (non-hydrogen) atoms. The number of ketones is 2. The number of para-hydroxylation sites is 1. The van der Waals surface area contributed by atoms with E-state index in [1.807, 2.05) is 0 Å². The minimum atomic E-state index is -0.466. The number of Topliss-reactive ketones (excluding diaryl/α,β-unsaturated/α-hetero) is 2. The Kier molecular flexibility index (Phi) is 5.42. The van der Waals surface area contributed by atoms with Crippen molar-refractivity contribution >= 4 is 11.6 Å². The van der Waals surface area contributed by atoms with Crippen LogP contribution in [0.2, 0.25) is 0 Å². The largest absolute Gasteiger partial charge is 0.507 e. The van der Waals surface area contributed by atoms with Crippen LogP contribution in [0.4, 0.5) is 0 Å². The van der Waals surface area contributed by atoms with Crippen LogP contribution in [0.3, 0.4) is 0 Å². The number of rotatable bonds is 7. The van der Waals surface area contributed by atoms with Gasteiger partial charge in [-0.05, 0) is 24.3 Å². The summed E-state index contributed by atoms with van der Waals surface area (Å²) in [5.74, 6) is -0.0106. The number of ether oxygens (including phenoxy) is 3. The molecule has 0 fully saturated rings. The summed E-state index contributed by atoms with van der Waals surface area (Å²) in [6.07, 6.45) is -0.379. The highest BCUT2D eigenvalue weighted by atomic mass is 16.5. The van der Waals surface area contributed by atoms with E-state index in [9.17, 15) is 14.7 Å². The maximum Gasteiger partial charge on any atom is 0.203 e. The van der Waals surface area contributed by atoms with Gasteiger partial charge < -0.3 is 19.3 Å². The number of hydrogen-bond acceptors (Lipinski definition) is 6. The molecule has 0 aliphatic rings. The van der Waals surface area contributed by atoms with Gasteiger partial charge in [-0.2, -0.15) is 0 Å². The lowest BCUT2D eigenvalue weighted by atomic mass is 10.0. The Balaban J connectivity index is 2.30. The summed E-state index contributed by atoms with van der Waals surface area (Å²) >= 11 is 0. The highest BCUT2D eigenvalue weighted by Crippen LogP contribution is 2.38. The molecule has 0 atom stereocenters. The van der Waals surface area contributed by atoms with Gasteiger partial charge in [-0.3, -0.25) is 9.59 Å². The van der Waals surface area contributed by atoms with Gasteiger partial charge in [0.05, 0.1) is 33.3 Å². The van der Waals surface area contributed by atoms with Crippen molar-refractivity contribution in [3.05, 3.63) is 47.5 Å². The van der Waals surface area contributed by atoms with Crippen LogP contribution in [0.25, 0.3) is 0 Å². The molecule has 0 spiro atoms. The molecule has 0 saturated heterocycles. The second kappa shape index (κ2) is 7.50. The van der Waals surface area contributed by atoms with Crippen molar-refractivity contribution in [2.45, 2.75) is 6.42 Å². The monoisotopic (exact) mass is 330 g/mol. The highest BCUT2D eigenvalue weighted by Gasteiger charge is 2.20. The summed E-state index contributed by atoms with van der Waals surface area (Å²) in [6, 6.07) is 9.07. The Morgan fingerprint density at radius 3 is 2.00 bits per heavy atom. The first-order valence-corrected chi connectivity index (χ1v) is 7.16. The van der Waals surface area contributed by atoms with Crippen molar-refractivity contribution in [2.75, 3.05) is 21.3 Å². The lowest BCUT2D eigenvalue weighted by molar-refractivity contribution is 0.0892. The van der Waals surface area contributed by atoms with Crippen LogP contribution in [0, 0.1) is 0 Å². The summed E-state index contributed by atoms with van der Waals surface area (Å²) < 4.78 is 15.6. The zero-order chi connectivity index (χ0) is 17.7. The van der Waals surface area contributed by atoms with Crippen LogP contribution in [0.15, 0.2) is 36.4 Å². The quantitative estimate of drug-likeness (QED) is 0.621. The van der Waals surface area contributed by atoms with Crippen LogP contribution in [-0.4, -0.2) is 38.0 Å². The Hall–Kier alpha value is -3.02. The van der Waals surface area contributed by atoms with E-state index in [-0.39, 0.29) is 23.3 Å². The average Bonchev–Trinajstić information content (AvgIpc) is 2.60. The van der Waals surface area contributed by atoms with Gasteiger partial charge in [-0.1, -0.05) is 12.1 Å². The molecule has 6 nitrogen and oxygen atoms in total. The summed E-state index contributed by atoms with van der Waals surface area (Å²) in [5.41, 5.74) is 0.367. The number of hydrogen-bond donors (Lipinski definition) is 1. The molecule has 0 aromatic heterocycles. The summed E-state index contributed by atoms with van der Waals surface area (Å²) in [6.45, 7) is 0. The van der Waals surface area contributed by atoms with Crippen molar-refractivity contribution in [2.24, 2.45) is 0 Å². The molecule has 0 radical (unpaired) electrons. The predicted octanol–water partition coefficient (Wildman–Crippen LogP) is 2.87. The molecule has 6 heteroatoms. The SMILES string of the molecule is COc1cc(C(=O)CC(=O)c2ccccc2O)cc(OC)c1OC. The van der Waals surface area contributed by atoms with Crippen molar-refractivity contribution in [1.82, 2.24) is 0 Å². The van der Waals surface area contributed by atoms with Gasteiger partial charge in [0.1, 0.15) is 5.75 Å². The first-order valence-electron chi connectivity index (χ1n) is 7.16. The first kappa shape index (κ1) is 17.3. The summed E-state index contributed by atoms with van der Waals surface area (Å²) in [4.78, 5) is 24.6. The molecule has 0 amide bonds. The van der Waals surface area contributed by atoms with Crippen LogP contribution in [0.1, 0.15) is 27.1 Å². The lowest BCUT2D eigenvalue weighted by Gasteiger charge is -2.13. The number of carbonyl (C=O) groups excluding carboxylic acids is 2. The van der Waals surface area contributed by atoms with E-state index in [4.69, 9.17) is 14.2 Å². The fraction of sp³-hybridized carbons (Fsp3) is 0.222. The van der Waals surface area contributed by atoms with E-state index in [0.29, 0.717) is 17.2 Å². The topological polar surface area (TPSA) is 82.1 Å². The van der Waals surface area contributed by atoms with Crippen LogP contribution < -0.4 is 14.2 Å². The molecule has 126 valence electrons. The number of benzene rings is 2. The Labute approximate surface area is 139 Å². The standard InChI is InChI=1S/C18H18O6/c1-22-16-8-11(9-17(23-2)18(16)24-3)14(20)10-15(21)12-6-4-5-7-13(12)19/h4-9,19H,10H2,1-3H3. The van der Waals surface area contributed by atoms with Crippen LogP contribution >= 0.6 is 0 Å². The fourth-order valence-electron chi connectivity index (χ4n) is 2.29. The molecule has 0 aliphatic heterocycles. The first-order chi connectivity index (χ1) is 11.5. The van der Waals surface area contributed by atoms with Crippen LogP contribution in [0.5, 0.6) is 23.0 Å². The highest BCUT2D eigenvalue weighted by molar-refractivity contribution is 6.14. The molecular weight excluding hydrogens is 312 g/mol. The van der Waals surface area contributed by atoms with E-state index in [0.717, 1.165) is 0 Å². The van der Waals surface area contributed by atoms with Gasteiger partial charge in [0.25, 0.3) is 0 Å². The third-order valence-corrected chi connectivity index (χ3v) is 3.51. The summed E-state index contributed by atoms with van der Waals surface area (Å²) in [5, 5.41) is 9.71. The molecule has 0 bridgehead atoms. The van der Waals surface area contributed by atoms with Crippen molar-refractivity contribution in [1.29, 1.82) is 0 Å². The molecular formula is C18H18O6. The molecule has 0 heterocycles. The van der Waals surface area contributed by atoms with Crippen LogP contribution in [-0.2, 0) is 0 Å². The van der Waals surface area contributed by atoms with Gasteiger partial charge in [-0.25, -0.2) is 0 Å². The second-order valence-electron chi connectivity index (χ2n) is 4.95. The van der Waals surface area contributed by atoms with E-state index in [1.54, 1.807) is 12.1 Å². The second-order valence-corrected chi connectivity index (χ2v) is 4.95. The Morgan fingerprint density at radius 2 is 1.50 bits per heavy atom. The molecule has 0 unspecified atom stereocenters. The zero-order valence-electron chi connectivity index (χ0n) is 13.7. The van der Waals surface area contributed by atoms with Gasteiger partial charge in [0, 0.05) is 5.56 Å². The fourth-order valence-corrected chi connectivity index (χ4v) is 2.29. The summed E-state index contributed by atoms with van der Waals surface area (Å²) in [7, 11) is 4.35. The van der Waals surface area contributed by atoms with E-state index in [1.165, 1.54) is 45.6 Å². The lowest BCUT2D eigenvalue weighted by Crippen LogP contribution is -2.09. The maximum absolute atomic E-state index is 12.4. The van der Waals surface area contributed by atoms with Gasteiger partial charge in [0.15, 0.2) is 23.1 Å². The van der Waals surface area contributed by atoms with Gasteiger partial charge >= 0.3 is 0 Å². The van der Waals surface area contributed by atoms with Crippen molar-refractivity contribution < 1.29 is 28.9 Å². The molecule has 0 aliphatic carbocycles. The average molecular weight is 330 g/mol. The van der Waals surface area contributed by atoms with Gasteiger partial charge in [0.2, 0.25) is 5.75 Å². The third-order valence-electron chi connectivity index (χ3n) is 3.51. The number of methoxy groups -OCH3 is 3. The van der Waals surface area contributed by atoms with E-state index in [2.05, 4.69) is 0 Å². The van der Waals surface area contributed by atoms with E-state index >= 15 is 0 Å². The number of aromatic hydroxyl groups is 1. The normalized spacial score (nSPS) is 10.1. The van der Waals surface area contributed by atoms with Crippen molar-refractivity contribution in [3.63, 3.8) is 0 Å².